The van der Waals surface area contributed by atoms with Gasteiger partial charge in [-0.1, -0.05) is 31.1 Å². The zero-order valence-corrected chi connectivity index (χ0v) is 11.3. The van der Waals surface area contributed by atoms with E-state index in [0.717, 1.165) is 11.3 Å². The lowest BCUT2D eigenvalue weighted by Gasteiger charge is -2.11. The molecule has 0 saturated heterocycles. The van der Waals surface area contributed by atoms with Crippen LogP contribution in [0.3, 0.4) is 0 Å². The van der Waals surface area contributed by atoms with Gasteiger partial charge in [0.1, 0.15) is 5.75 Å². The molecule has 0 spiro atoms. The Kier molecular flexibility index (Phi) is 4.16. The van der Waals surface area contributed by atoms with Crippen molar-refractivity contribution >= 4 is 0 Å². The molecule has 102 valence electrons. The smallest absolute Gasteiger partial charge is 0.232 e. The molecule has 0 aliphatic heterocycles. The van der Waals surface area contributed by atoms with Gasteiger partial charge in [0.25, 0.3) is 0 Å². The van der Waals surface area contributed by atoms with E-state index < -0.39 is 6.10 Å². The molecule has 2 atom stereocenters. The normalized spacial score (nSPS) is 14.1. The molecule has 2 rings (SSSR count). The molecular weight excluding hydrogens is 244 g/mol. The summed E-state index contributed by atoms with van der Waals surface area (Å²) in [6.07, 6.45) is 0.177. The fourth-order valence-corrected chi connectivity index (χ4v) is 1.82. The van der Waals surface area contributed by atoms with Gasteiger partial charge in [-0.25, -0.2) is 0 Å². The van der Waals surface area contributed by atoms with Crippen LogP contribution in [0.2, 0.25) is 0 Å². The molecule has 1 aromatic carbocycles. The Hall–Kier alpha value is -1.88. The molecule has 2 aromatic rings. The number of benzene rings is 1. The minimum absolute atomic E-state index is 0.170. The van der Waals surface area contributed by atoms with Crippen LogP contribution in [0.25, 0.3) is 11.4 Å². The molecule has 0 bridgehead atoms. The molecule has 0 aliphatic rings. The van der Waals surface area contributed by atoms with Crippen molar-refractivity contribution in [3.05, 3.63) is 30.2 Å². The van der Waals surface area contributed by atoms with Gasteiger partial charge < -0.3 is 14.4 Å². The topological polar surface area (TPSA) is 68.4 Å². The Balaban J connectivity index is 2.25. The largest absolute Gasteiger partial charge is 0.497 e. The monoisotopic (exact) mass is 262 g/mol. The first-order valence-corrected chi connectivity index (χ1v) is 6.31. The fraction of sp³-hybridized carbons (Fsp3) is 0.429. The van der Waals surface area contributed by atoms with Crippen LogP contribution in [0, 0.1) is 0 Å². The molecule has 2 unspecified atom stereocenters. The Bertz CT molecular complexity index is 539. The number of methoxy groups -OCH3 is 1. The predicted octanol–water partition coefficient (Wildman–Crippen LogP) is 2.62. The van der Waals surface area contributed by atoms with E-state index in [4.69, 9.17) is 9.26 Å². The van der Waals surface area contributed by atoms with Crippen LogP contribution in [0.5, 0.6) is 5.75 Å². The molecule has 1 heterocycles. The highest BCUT2D eigenvalue weighted by Crippen LogP contribution is 2.25. The molecule has 19 heavy (non-hydrogen) atoms. The third-order valence-corrected chi connectivity index (χ3v) is 3.15. The van der Waals surface area contributed by atoms with Crippen molar-refractivity contribution in [1.29, 1.82) is 0 Å². The van der Waals surface area contributed by atoms with Crippen molar-refractivity contribution in [1.82, 2.24) is 10.1 Å². The van der Waals surface area contributed by atoms with Crippen molar-refractivity contribution in [3.8, 4) is 17.1 Å². The fourth-order valence-electron chi connectivity index (χ4n) is 1.82. The van der Waals surface area contributed by atoms with Gasteiger partial charge in [0.2, 0.25) is 11.7 Å². The van der Waals surface area contributed by atoms with E-state index in [1.54, 1.807) is 7.11 Å². The molecule has 5 heteroatoms. The number of ether oxygens (including phenoxy) is 1. The average Bonchev–Trinajstić information content (AvgIpc) is 2.95. The summed E-state index contributed by atoms with van der Waals surface area (Å²) < 4.78 is 10.4. The highest BCUT2D eigenvalue weighted by molar-refractivity contribution is 5.56. The van der Waals surface area contributed by atoms with Gasteiger partial charge in [-0.15, -0.1) is 0 Å². The highest BCUT2D eigenvalue weighted by atomic mass is 16.5. The van der Waals surface area contributed by atoms with Crippen molar-refractivity contribution in [2.24, 2.45) is 0 Å². The third-order valence-electron chi connectivity index (χ3n) is 3.15. The molecule has 0 aliphatic carbocycles. The second-order valence-electron chi connectivity index (χ2n) is 4.45. The Morgan fingerprint density at radius 3 is 2.89 bits per heavy atom. The third kappa shape index (κ3) is 2.93. The van der Waals surface area contributed by atoms with Crippen LogP contribution in [-0.2, 0) is 0 Å². The molecule has 0 fully saturated rings. The second-order valence-corrected chi connectivity index (χ2v) is 4.45. The van der Waals surface area contributed by atoms with E-state index in [0.29, 0.717) is 18.1 Å². The van der Waals surface area contributed by atoms with E-state index in [1.165, 1.54) is 0 Å². The van der Waals surface area contributed by atoms with E-state index >= 15 is 0 Å². The van der Waals surface area contributed by atoms with E-state index in [-0.39, 0.29) is 5.92 Å². The molecule has 0 saturated carbocycles. The predicted molar refractivity (Wildman–Crippen MR) is 71.0 cm³/mol. The number of aliphatic hydroxyl groups excluding tert-OH is 1. The van der Waals surface area contributed by atoms with Crippen LogP contribution >= 0.6 is 0 Å². The summed E-state index contributed by atoms with van der Waals surface area (Å²) in [7, 11) is 1.61. The van der Waals surface area contributed by atoms with Gasteiger partial charge in [-0.05, 0) is 18.6 Å². The molecule has 5 nitrogen and oxygen atoms in total. The van der Waals surface area contributed by atoms with Crippen molar-refractivity contribution in [2.45, 2.75) is 32.3 Å². The minimum atomic E-state index is -0.474. The van der Waals surface area contributed by atoms with Crippen molar-refractivity contribution in [2.75, 3.05) is 7.11 Å². The lowest BCUT2D eigenvalue weighted by Crippen LogP contribution is -2.14. The molecular formula is C14H18N2O3. The van der Waals surface area contributed by atoms with Gasteiger partial charge in [-0.2, -0.15) is 4.98 Å². The number of hydrogen-bond donors (Lipinski definition) is 1. The van der Waals surface area contributed by atoms with Gasteiger partial charge in [-0.3, -0.25) is 0 Å². The number of rotatable bonds is 5. The van der Waals surface area contributed by atoms with E-state index in [1.807, 2.05) is 38.1 Å². The first-order valence-electron chi connectivity index (χ1n) is 6.31. The Morgan fingerprint density at radius 1 is 1.42 bits per heavy atom. The Labute approximate surface area is 112 Å². The highest BCUT2D eigenvalue weighted by Gasteiger charge is 2.21. The molecule has 1 aromatic heterocycles. The molecule has 0 radical (unpaired) electrons. The maximum absolute atomic E-state index is 9.79. The maximum Gasteiger partial charge on any atom is 0.232 e. The Morgan fingerprint density at radius 2 is 2.21 bits per heavy atom. The summed E-state index contributed by atoms with van der Waals surface area (Å²) in [6.45, 7) is 3.79. The summed E-state index contributed by atoms with van der Waals surface area (Å²) in [4.78, 5) is 4.33. The van der Waals surface area contributed by atoms with Gasteiger partial charge >= 0.3 is 0 Å². The lowest BCUT2D eigenvalue weighted by molar-refractivity contribution is 0.129. The summed E-state index contributed by atoms with van der Waals surface area (Å²) >= 11 is 0. The van der Waals surface area contributed by atoms with Crippen LogP contribution in [0.15, 0.2) is 28.8 Å². The average molecular weight is 262 g/mol. The van der Waals surface area contributed by atoms with Gasteiger partial charge in [0.05, 0.1) is 19.1 Å². The van der Waals surface area contributed by atoms with Gasteiger partial charge in [0, 0.05) is 5.56 Å². The maximum atomic E-state index is 9.79. The zero-order chi connectivity index (χ0) is 13.8. The standard InChI is InChI=1S/C14H18N2O3/c1-4-12(17)9(2)14-15-13(16-19-14)10-6-5-7-11(8-10)18-3/h5-9,12,17H,4H2,1-3H3. The van der Waals surface area contributed by atoms with Gasteiger partial charge in [0.15, 0.2) is 0 Å². The summed E-state index contributed by atoms with van der Waals surface area (Å²) in [5, 5.41) is 13.7. The number of nitrogens with zero attached hydrogens (tertiary/aromatic N) is 2. The van der Waals surface area contributed by atoms with Crippen LogP contribution < -0.4 is 4.74 Å². The minimum Gasteiger partial charge on any atom is -0.497 e. The number of aromatic nitrogens is 2. The second kappa shape index (κ2) is 5.84. The van der Waals surface area contributed by atoms with Crippen LogP contribution in [0.4, 0.5) is 0 Å². The molecule has 0 amide bonds. The van der Waals surface area contributed by atoms with Crippen LogP contribution in [0.1, 0.15) is 32.1 Å². The lowest BCUT2D eigenvalue weighted by atomic mass is 10.0. The first kappa shape index (κ1) is 13.5. The summed E-state index contributed by atoms with van der Waals surface area (Å²) in [6, 6.07) is 7.45. The zero-order valence-electron chi connectivity index (χ0n) is 11.3. The number of hydrogen-bond acceptors (Lipinski definition) is 5. The SMILES string of the molecule is CCC(O)C(C)c1nc(-c2cccc(OC)c2)no1. The van der Waals surface area contributed by atoms with E-state index in [9.17, 15) is 5.11 Å². The van der Waals surface area contributed by atoms with Crippen molar-refractivity contribution in [3.63, 3.8) is 0 Å². The van der Waals surface area contributed by atoms with Crippen molar-refractivity contribution < 1.29 is 14.4 Å². The summed E-state index contributed by atoms with van der Waals surface area (Å²) in [5.74, 6) is 1.53. The number of aliphatic hydroxyl groups is 1. The quantitative estimate of drug-likeness (QED) is 0.897. The first-order chi connectivity index (χ1) is 9.15. The van der Waals surface area contributed by atoms with Crippen LogP contribution in [-0.4, -0.2) is 28.5 Å². The molecule has 1 N–H and O–H groups in total. The summed E-state index contributed by atoms with van der Waals surface area (Å²) in [5.41, 5.74) is 0.826. The van der Waals surface area contributed by atoms with E-state index in [2.05, 4.69) is 10.1 Å².